The Morgan fingerprint density at radius 3 is 2.59 bits per heavy atom. The number of hydrogen-bond acceptors (Lipinski definition) is 5. The van der Waals surface area contributed by atoms with Crippen molar-refractivity contribution in [2.45, 2.75) is 0 Å². The Hall–Kier alpha value is -1.63. The Labute approximate surface area is 99.9 Å². The third kappa shape index (κ3) is 2.73. The van der Waals surface area contributed by atoms with Gasteiger partial charge in [0.25, 0.3) is 0 Å². The second kappa shape index (κ2) is 4.33. The first-order valence-electron chi connectivity index (χ1n) is 5.25. The first-order valence-corrected chi connectivity index (χ1v) is 7.07. The number of nitrogen functional groups attached to an aromatic ring is 1. The molecule has 1 aliphatic heterocycles. The number of rotatable bonds is 2. The summed E-state index contributed by atoms with van der Waals surface area (Å²) in [6.07, 6.45) is 0. The standard InChI is InChI=1S/C10H14N4O2S/c11-10(12)8-2-1-3-9(13-8)14-4-6-17(15,16)7-5-14/h1-3H,4-7H2,(H3,11,12). The number of pyridine rings is 1. The van der Waals surface area contributed by atoms with Gasteiger partial charge in [-0.1, -0.05) is 6.07 Å². The van der Waals surface area contributed by atoms with Gasteiger partial charge in [-0.25, -0.2) is 13.4 Å². The van der Waals surface area contributed by atoms with Crippen LogP contribution in [0, 0.1) is 5.41 Å². The van der Waals surface area contributed by atoms with Crippen LogP contribution in [0.2, 0.25) is 0 Å². The molecule has 0 radical (unpaired) electrons. The van der Waals surface area contributed by atoms with Crippen molar-refractivity contribution in [1.29, 1.82) is 5.41 Å². The number of amidine groups is 1. The number of hydrogen-bond donors (Lipinski definition) is 2. The SMILES string of the molecule is N=C(N)c1cccc(N2CCS(=O)(=O)CC2)n1. The zero-order chi connectivity index (χ0) is 12.5. The topological polar surface area (TPSA) is 100 Å². The maximum Gasteiger partial charge on any atom is 0.153 e. The Balaban J connectivity index is 2.18. The number of aromatic nitrogens is 1. The monoisotopic (exact) mass is 254 g/mol. The van der Waals surface area contributed by atoms with E-state index in [2.05, 4.69) is 4.98 Å². The number of nitrogens with one attached hydrogen (secondary N) is 1. The van der Waals surface area contributed by atoms with Crippen LogP contribution in [0.4, 0.5) is 5.82 Å². The van der Waals surface area contributed by atoms with Crippen molar-refractivity contribution in [1.82, 2.24) is 4.98 Å². The van der Waals surface area contributed by atoms with Gasteiger partial charge >= 0.3 is 0 Å². The molecule has 92 valence electrons. The lowest BCUT2D eigenvalue weighted by Gasteiger charge is -2.27. The van der Waals surface area contributed by atoms with Gasteiger partial charge < -0.3 is 10.6 Å². The van der Waals surface area contributed by atoms with E-state index in [-0.39, 0.29) is 17.3 Å². The average molecular weight is 254 g/mol. The van der Waals surface area contributed by atoms with Crippen LogP contribution in [0.15, 0.2) is 18.2 Å². The van der Waals surface area contributed by atoms with Crippen LogP contribution in [0.3, 0.4) is 0 Å². The van der Waals surface area contributed by atoms with Gasteiger partial charge in [-0.3, -0.25) is 5.41 Å². The highest BCUT2D eigenvalue weighted by Crippen LogP contribution is 2.14. The molecule has 1 aromatic heterocycles. The van der Waals surface area contributed by atoms with Gasteiger partial charge in [0.05, 0.1) is 11.5 Å². The predicted octanol–water partition coefficient (Wildman–Crippen LogP) is -0.400. The molecule has 0 aliphatic carbocycles. The molecule has 1 aliphatic rings. The summed E-state index contributed by atoms with van der Waals surface area (Å²) in [5, 5.41) is 7.31. The molecule has 0 bridgehead atoms. The molecule has 2 rings (SSSR count). The number of anilines is 1. The molecular weight excluding hydrogens is 240 g/mol. The zero-order valence-electron chi connectivity index (χ0n) is 9.26. The average Bonchev–Trinajstić information content (AvgIpc) is 2.29. The Morgan fingerprint density at radius 2 is 2.00 bits per heavy atom. The van der Waals surface area contributed by atoms with Gasteiger partial charge in [0.15, 0.2) is 9.84 Å². The molecule has 0 atom stereocenters. The van der Waals surface area contributed by atoms with Crippen LogP contribution in [0.25, 0.3) is 0 Å². The predicted molar refractivity (Wildman–Crippen MR) is 66.1 cm³/mol. The van der Waals surface area contributed by atoms with E-state index in [1.807, 2.05) is 4.90 Å². The smallest absolute Gasteiger partial charge is 0.153 e. The molecule has 0 aromatic carbocycles. The van der Waals surface area contributed by atoms with Crippen LogP contribution < -0.4 is 10.6 Å². The van der Waals surface area contributed by atoms with E-state index in [1.165, 1.54) is 0 Å². The Bertz CT molecular complexity index is 527. The van der Waals surface area contributed by atoms with Gasteiger partial charge in [-0.15, -0.1) is 0 Å². The molecular formula is C10H14N4O2S. The van der Waals surface area contributed by atoms with E-state index in [4.69, 9.17) is 11.1 Å². The maximum absolute atomic E-state index is 11.3. The lowest BCUT2D eigenvalue weighted by molar-refractivity contribution is 0.586. The fraction of sp³-hybridized carbons (Fsp3) is 0.400. The quantitative estimate of drug-likeness (QED) is 0.552. The zero-order valence-corrected chi connectivity index (χ0v) is 10.1. The summed E-state index contributed by atoms with van der Waals surface area (Å²) < 4.78 is 22.6. The maximum atomic E-state index is 11.3. The highest BCUT2D eigenvalue weighted by Gasteiger charge is 2.22. The number of nitrogens with two attached hydrogens (primary N) is 1. The third-order valence-corrected chi connectivity index (χ3v) is 4.29. The van der Waals surface area contributed by atoms with Crippen molar-refractivity contribution in [2.75, 3.05) is 29.5 Å². The molecule has 0 spiro atoms. The van der Waals surface area contributed by atoms with Crippen LogP contribution in [-0.4, -0.2) is 43.8 Å². The first-order chi connectivity index (χ1) is 7.98. The van der Waals surface area contributed by atoms with E-state index in [9.17, 15) is 8.42 Å². The van der Waals surface area contributed by atoms with Crippen LogP contribution in [-0.2, 0) is 9.84 Å². The first kappa shape index (κ1) is 11.8. The highest BCUT2D eigenvalue weighted by molar-refractivity contribution is 7.91. The molecule has 6 nitrogen and oxygen atoms in total. The molecule has 0 amide bonds. The Morgan fingerprint density at radius 1 is 1.35 bits per heavy atom. The van der Waals surface area contributed by atoms with Crippen molar-refractivity contribution in [3.63, 3.8) is 0 Å². The van der Waals surface area contributed by atoms with Gasteiger partial charge in [0.1, 0.15) is 17.3 Å². The number of sulfone groups is 1. The minimum Gasteiger partial charge on any atom is -0.382 e. The fourth-order valence-corrected chi connectivity index (χ4v) is 2.89. The summed E-state index contributed by atoms with van der Waals surface area (Å²) in [7, 11) is -2.89. The molecule has 0 unspecified atom stereocenters. The van der Waals surface area contributed by atoms with Crippen molar-refractivity contribution in [3.05, 3.63) is 23.9 Å². The molecule has 1 aromatic rings. The second-order valence-corrected chi connectivity index (χ2v) is 6.24. The summed E-state index contributed by atoms with van der Waals surface area (Å²) in [4.78, 5) is 6.12. The summed E-state index contributed by atoms with van der Waals surface area (Å²) in [5.74, 6) is 0.891. The van der Waals surface area contributed by atoms with Gasteiger partial charge in [-0.05, 0) is 12.1 Å². The van der Waals surface area contributed by atoms with Crippen LogP contribution in [0.1, 0.15) is 5.69 Å². The minimum atomic E-state index is -2.89. The van der Waals surface area contributed by atoms with E-state index < -0.39 is 9.84 Å². The summed E-state index contributed by atoms with van der Waals surface area (Å²) in [5.41, 5.74) is 5.77. The van der Waals surface area contributed by atoms with Gasteiger partial charge in [-0.2, -0.15) is 0 Å². The van der Waals surface area contributed by atoms with Crippen LogP contribution in [0.5, 0.6) is 0 Å². The van der Waals surface area contributed by atoms with E-state index in [0.717, 1.165) is 0 Å². The molecule has 3 N–H and O–H groups in total. The minimum absolute atomic E-state index is 0.0866. The van der Waals surface area contributed by atoms with E-state index in [0.29, 0.717) is 24.6 Å². The highest BCUT2D eigenvalue weighted by atomic mass is 32.2. The van der Waals surface area contributed by atoms with Crippen molar-refractivity contribution >= 4 is 21.5 Å². The summed E-state index contributed by atoms with van der Waals surface area (Å²) in [6, 6.07) is 5.22. The normalized spacial score (nSPS) is 18.9. The molecule has 7 heteroatoms. The van der Waals surface area contributed by atoms with E-state index >= 15 is 0 Å². The molecule has 1 saturated heterocycles. The van der Waals surface area contributed by atoms with Crippen molar-refractivity contribution in [2.24, 2.45) is 5.73 Å². The lowest BCUT2D eigenvalue weighted by Crippen LogP contribution is -2.40. The number of nitrogens with zero attached hydrogens (tertiary/aromatic N) is 2. The molecule has 0 saturated carbocycles. The lowest BCUT2D eigenvalue weighted by atomic mass is 10.3. The third-order valence-electron chi connectivity index (χ3n) is 2.68. The van der Waals surface area contributed by atoms with Gasteiger partial charge in [0, 0.05) is 13.1 Å². The molecule has 2 heterocycles. The summed E-state index contributed by atoms with van der Waals surface area (Å²) >= 11 is 0. The van der Waals surface area contributed by atoms with Crippen molar-refractivity contribution in [3.8, 4) is 0 Å². The molecule has 17 heavy (non-hydrogen) atoms. The van der Waals surface area contributed by atoms with Gasteiger partial charge in [0.2, 0.25) is 0 Å². The molecule has 1 fully saturated rings. The fourth-order valence-electron chi connectivity index (χ4n) is 1.69. The van der Waals surface area contributed by atoms with Crippen molar-refractivity contribution < 1.29 is 8.42 Å². The van der Waals surface area contributed by atoms with E-state index in [1.54, 1.807) is 18.2 Å². The largest absolute Gasteiger partial charge is 0.382 e. The summed E-state index contributed by atoms with van der Waals surface area (Å²) in [6.45, 7) is 0.882. The Kier molecular flexibility index (Phi) is 3.01. The van der Waals surface area contributed by atoms with Crippen LogP contribution >= 0.6 is 0 Å². The second-order valence-electron chi connectivity index (χ2n) is 3.93.